The van der Waals surface area contributed by atoms with Crippen molar-refractivity contribution in [3.63, 3.8) is 0 Å². The molecule has 1 heterocycles. The van der Waals surface area contributed by atoms with E-state index >= 15 is 0 Å². The van der Waals surface area contributed by atoms with Crippen LogP contribution in [0, 0.1) is 0 Å². The Kier molecular flexibility index (Phi) is 6.55. The maximum Gasteiger partial charge on any atom is 0.279 e. The van der Waals surface area contributed by atoms with Crippen LogP contribution in [0.15, 0.2) is 65.0 Å². The molecule has 0 aliphatic carbocycles. The lowest BCUT2D eigenvalue weighted by Crippen LogP contribution is -2.22. The van der Waals surface area contributed by atoms with Crippen molar-refractivity contribution in [1.29, 1.82) is 0 Å². The number of nitrogens with zero attached hydrogens (tertiary/aromatic N) is 3. The summed E-state index contributed by atoms with van der Waals surface area (Å²) in [5.41, 5.74) is 1.17. The summed E-state index contributed by atoms with van der Waals surface area (Å²) in [5, 5.41) is 0. The normalized spacial score (nSPS) is 12.5. The molecule has 0 spiro atoms. The third-order valence-corrected chi connectivity index (χ3v) is 7.23. The Balaban J connectivity index is 2.06. The van der Waals surface area contributed by atoms with Gasteiger partial charge in [0.2, 0.25) is 10.0 Å². The molecular formula is C21H23N3O4S2. The number of benzene rings is 2. The minimum atomic E-state index is -3.56. The van der Waals surface area contributed by atoms with Gasteiger partial charge in [0.15, 0.2) is 4.80 Å². The van der Waals surface area contributed by atoms with Gasteiger partial charge < -0.3 is 9.30 Å². The Bertz CT molecular complexity index is 1250. The first kappa shape index (κ1) is 21.9. The van der Waals surface area contributed by atoms with Crippen LogP contribution in [0.3, 0.4) is 0 Å². The van der Waals surface area contributed by atoms with E-state index in [0.29, 0.717) is 23.5 Å². The maximum atomic E-state index is 12.8. The number of allylic oxidation sites excluding steroid dienone is 1. The van der Waals surface area contributed by atoms with Crippen LogP contribution in [-0.4, -0.2) is 43.9 Å². The van der Waals surface area contributed by atoms with Crippen molar-refractivity contribution in [1.82, 2.24) is 8.87 Å². The van der Waals surface area contributed by atoms with Crippen LogP contribution in [0.5, 0.6) is 5.75 Å². The number of carbonyl (C=O) groups excluding carboxylic acids is 1. The molecule has 0 N–H and O–H groups in total. The molecule has 3 aromatic rings. The molecule has 9 heteroatoms. The van der Waals surface area contributed by atoms with Crippen molar-refractivity contribution in [2.45, 2.75) is 18.4 Å². The Morgan fingerprint density at radius 3 is 2.53 bits per heavy atom. The van der Waals surface area contributed by atoms with Crippen molar-refractivity contribution in [3.8, 4) is 5.75 Å². The lowest BCUT2D eigenvalue weighted by atomic mass is 10.2. The number of rotatable bonds is 7. The van der Waals surface area contributed by atoms with E-state index in [9.17, 15) is 13.2 Å². The number of sulfonamides is 1. The zero-order valence-electron chi connectivity index (χ0n) is 17.0. The van der Waals surface area contributed by atoms with E-state index in [1.54, 1.807) is 6.08 Å². The van der Waals surface area contributed by atoms with E-state index < -0.39 is 15.9 Å². The van der Waals surface area contributed by atoms with Gasteiger partial charge >= 0.3 is 0 Å². The van der Waals surface area contributed by atoms with Crippen molar-refractivity contribution in [3.05, 3.63) is 65.5 Å². The SMILES string of the molecule is C=CCn1c(=NC(=O)c2ccc(S(=O)(=O)N(C)C)cc2)sc2cccc(OCC)c21. The van der Waals surface area contributed by atoms with Crippen LogP contribution < -0.4 is 9.54 Å². The fraction of sp³-hybridized carbons (Fsp3) is 0.238. The van der Waals surface area contributed by atoms with Gasteiger partial charge in [-0.3, -0.25) is 4.79 Å². The fourth-order valence-electron chi connectivity index (χ4n) is 2.89. The summed E-state index contributed by atoms with van der Waals surface area (Å²) in [5.74, 6) is 0.270. The van der Waals surface area contributed by atoms with E-state index in [0.717, 1.165) is 20.3 Å². The molecule has 2 aromatic carbocycles. The smallest absolute Gasteiger partial charge is 0.279 e. The quantitative estimate of drug-likeness (QED) is 0.523. The predicted molar refractivity (Wildman–Crippen MR) is 118 cm³/mol. The average Bonchev–Trinajstić information content (AvgIpc) is 3.06. The van der Waals surface area contributed by atoms with Crippen LogP contribution >= 0.6 is 11.3 Å². The third kappa shape index (κ3) is 4.23. The number of hydrogen-bond donors (Lipinski definition) is 0. The summed E-state index contributed by atoms with van der Waals surface area (Å²) >= 11 is 1.38. The van der Waals surface area contributed by atoms with Crippen molar-refractivity contribution in [2.75, 3.05) is 20.7 Å². The van der Waals surface area contributed by atoms with Gasteiger partial charge in [-0.15, -0.1) is 6.58 Å². The molecule has 0 atom stereocenters. The average molecular weight is 446 g/mol. The molecule has 7 nitrogen and oxygen atoms in total. The number of ether oxygens (including phenoxy) is 1. The van der Waals surface area contributed by atoms with Crippen LogP contribution in [-0.2, 0) is 16.6 Å². The minimum Gasteiger partial charge on any atom is -0.492 e. The number of para-hydroxylation sites is 1. The fourth-order valence-corrected chi connectivity index (χ4v) is 4.84. The number of aromatic nitrogens is 1. The number of amides is 1. The molecule has 0 fully saturated rings. The highest BCUT2D eigenvalue weighted by atomic mass is 32.2. The number of hydrogen-bond acceptors (Lipinski definition) is 5. The topological polar surface area (TPSA) is 81.0 Å². The predicted octanol–water partition coefficient (Wildman–Crippen LogP) is 3.28. The highest BCUT2D eigenvalue weighted by Crippen LogP contribution is 2.27. The summed E-state index contributed by atoms with van der Waals surface area (Å²) < 4.78 is 34.1. The highest BCUT2D eigenvalue weighted by molar-refractivity contribution is 7.89. The van der Waals surface area contributed by atoms with E-state index in [1.165, 1.54) is 49.7 Å². The van der Waals surface area contributed by atoms with Crippen molar-refractivity contribution in [2.24, 2.45) is 4.99 Å². The molecular weight excluding hydrogens is 422 g/mol. The first-order chi connectivity index (χ1) is 14.3. The summed E-state index contributed by atoms with van der Waals surface area (Å²) in [6.07, 6.45) is 1.74. The van der Waals surface area contributed by atoms with Crippen LogP contribution in [0.4, 0.5) is 0 Å². The van der Waals surface area contributed by atoms with Crippen LogP contribution in [0.2, 0.25) is 0 Å². The molecule has 1 amide bonds. The number of fused-ring (bicyclic) bond motifs is 1. The van der Waals surface area contributed by atoms with E-state index in [1.807, 2.05) is 29.7 Å². The van der Waals surface area contributed by atoms with Gasteiger partial charge in [-0.05, 0) is 43.3 Å². The molecule has 0 bridgehead atoms. The van der Waals surface area contributed by atoms with Gasteiger partial charge in [-0.25, -0.2) is 12.7 Å². The van der Waals surface area contributed by atoms with Crippen molar-refractivity contribution >= 4 is 37.5 Å². The van der Waals surface area contributed by atoms with Gasteiger partial charge in [0.05, 0.1) is 16.2 Å². The Labute approximate surface area is 179 Å². The molecule has 158 valence electrons. The number of carbonyl (C=O) groups is 1. The summed E-state index contributed by atoms with van der Waals surface area (Å²) in [7, 11) is -0.639. The second-order valence-corrected chi connectivity index (χ2v) is 9.71. The molecule has 0 aliphatic heterocycles. The Morgan fingerprint density at radius 1 is 1.23 bits per heavy atom. The van der Waals surface area contributed by atoms with Gasteiger partial charge in [0.1, 0.15) is 11.3 Å². The van der Waals surface area contributed by atoms with Gasteiger partial charge in [0, 0.05) is 26.2 Å². The van der Waals surface area contributed by atoms with E-state index in [-0.39, 0.29) is 4.90 Å². The second-order valence-electron chi connectivity index (χ2n) is 6.55. The van der Waals surface area contributed by atoms with Crippen LogP contribution in [0.25, 0.3) is 10.2 Å². The van der Waals surface area contributed by atoms with Gasteiger partial charge in [-0.1, -0.05) is 23.5 Å². The number of thiazole rings is 1. The lowest BCUT2D eigenvalue weighted by molar-refractivity contribution is 0.0997. The molecule has 3 rings (SSSR count). The molecule has 0 aliphatic rings. The third-order valence-electron chi connectivity index (χ3n) is 4.35. The van der Waals surface area contributed by atoms with Gasteiger partial charge in [0.25, 0.3) is 5.91 Å². The zero-order valence-corrected chi connectivity index (χ0v) is 18.7. The summed E-state index contributed by atoms with van der Waals surface area (Å²) in [6, 6.07) is 11.5. The summed E-state index contributed by atoms with van der Waals surface area (Å²) in [4.78, 5) is 17.7. The molecule has 0 unspecified atom stereocenters. The molecule has 1 aromatic heterocycles. The van der Waals surface area contributed by atoms with E-state index in [2.05, 4.69) is 11.6 Å². The first-order valence-corrected chi connectivity index (χ1v) is 11.5. The van der Waals surface area contributed by atoms with Crippen LogP contribution in [0.1, 0.15) is 17.3 Å². The monoisotopic (exact) mass is 445 g/mol. The Morgan fingerprint density at radius 2 is 1.93 bits per heavy atom. The Hall–Kier alpha value is -2.75. The second kappa shape index (κ2) is 8.95. The molecule has 0 saturated heterocycles. The lowest BCUT2D eigenvalue weighted by Gasteiger charge is -2.11. The van der Waals surface area contributed by atoms with E-state index in [4.69, 9.17) is 4.74 Å². The molecule has 0 radical (unpaired) electrons. The van der Waals surface area contributed by atoms with Crippen molar-refractivity contribution < 1.29 is 17.9 Å². The standard InChI is InChI=1S/C21H23N3O4S2/c1-5-14-24-19-17(28-6-2)8-7-9-18(19)29-21(24)22-20(25)15-10-12-16(13-11-15)30(26,27)23(3)4/h5,7-13H,1,6,14H2,2-4H3. The summed E-state index contributed by atoms with van der Waals surface area (Å²) in [6.45, 7) is 6.71. The largest absolute Gasteiger partial charge is 0.492 e. The van der Waals surface area contributed by atoms with Gasteiger partial charge in [-0.2, -0.15) is 4.99 Å². The highest BCUT2D eigenvalue weighted by Gasteiger charge is 2.18. The maximum absolute atomic E-state index is 12.8. The zero-order chi connectivity index (χ0) is 21.9. The molecule has 30 heavy (non-hydrogen) atoms. The molecule has 0 saturated carbocycles. The minimum absolute atomic E-state index is 0.119. The first-order valence-electron chi connectivity index (χ1n) is 9.27.